The molecule has 1 amide bonds. The van der Waals surface area contributed by atoms with E-state index in [0.717, 1.165) is 30.0 Å². The van der Waals surface area contributed by atoms with Gasteiger partial charge < -0.3 is 5.32 Å². The Morgan fingerprint density at radius 1 is 1.46 bits per heavy atom. The third kappa shape index (κ3) is 2.06. The zero-order valence-electron chi connectivity index (χ0n) is 7.92. The zero-order valence-corrected chi connectivity index (χ0v) is 9.51. The third-order valence-electron chi connectivity index (χ3n) is 3.23. The van der Waals surface area contributed by atoms with Crippen LogP contribution in [0.4, 0.5) is 0 Å². The summed E-state index contributed by atoms with van der Waals surface area (Å²) in [6, 6.07) is 0.268. The smallest absolute Gasteiger partial charge is 0.223 e. The van der Waals surface area contributed by atoms with Crippen LogP contribution in [0.1, 0.15) is 26.2 Å². The van der Waals surface area contributed by atoms with Crippen LogP contribution in [0.15, 0.2) is 0 Å². The largest absolute Gasteiger partial charge is 0.353 e. The topological polar surface area (TPSA) is 29.1 Å². The Morgan fingerprint density at radius 3 is 2.62 bits per heavy atom. The van der Waals surface area contributed by atoms with Crippen LogP contribution in [-0.4, -0.2) is 17.3 Å². The average Bonchev–Trinajstić information content (AvgIpc) is 2.73. The Kier molecular flexibility index (Phi) is 2.63. The number of hydrogen-bond acceptors (Lipinski definition) is 1. The fraction of sp³-hybridized carbons (Fsp3) is 0.900. The van der Waals surface area contributed by atoms with Crippen molar-refractivity contribution in [2.75, 3.05) is 5.33 Å². The molecule has 0 bridgehead atoms. The fourth-order valence-corrected chi connectivity index (χ4v) is 2.49. The van der Waals surface area contributed by atoms with Crippen LogP contribution >= 0.6 is 15.9 Å². The molecule has 0 aromatic heterocycles. The Morgan fingerprint density at radius 2 is 2.08 bits per heavy atom. The summed E-state index contributed by atoms with van der Waals surface area (Å²) in [6.45, 7) is 2.03. The molecule has 0 radical (unpaired) electrons. The SMILES string of the molecule is CC(CBr)NC(=O)C1CC2CC2C1. The van der Waals surface area contributed by atoms with E-state index in [0.29, 0.717) is 5.92 Å². The average molecular weight is 246 g/mol. The molecule has 74 valence electrons. The van der Waals surface area contributed by atoms with Crippen molar-refractivity contribution in [2.24, 2.45) is 17.8 Å². The molecular weight excluding hydrogens is 230 g/mol. The van der Waals surface area contributed by atoms with Crippen molar-refractivity contribution >= 4 is 21.8 Å². The number of alkyl halides is 1. The number of fused-ring (bicyclic) bond motifs is 1. The first-order valence-corrected chi connectivity index (χ1v) is 6.19. The molecule has 0 spiro atoms. The molecule has 2 aliphatic carbocycles. The first kappa shape index (κ1) is 9.50. The minimum atomic E-state index is 0.268. The summed E-state index contributed by atoms with van der Waals surface area (Å²) < 4.78 is 0. The number of nitrogens with one attached hydrogen (secondary N) is 1. The first-order valence-electron chi connectivity index (χ1n) is 5.07. The van der Waals surface area contributed by atoms with Crippen LogP contribution in [0, 0.1) is 17.8 Å². The summed E-state index contributed by atoms with van der Waals surface area (Å²) in [7, 11) is 0. The lowest BCUT2D eigenvalue weighted by atomic mass is 10.0. The molecule has 0 aliphatic heterocycles. The lowest BCUT2D eigenvalue weighted by molar-refractivity contribution is -0.125. The first-order chi connectivity index (χ1) is 6.20. The maximum absolute atomic E-state index is 11.6. The van der Waals surface area contributed by atoms with E-state index in [2.05, 4.69) is 21.2 Å². The molecule has 2 nitrogen and oxygen atoms in total. The van der Waals surface area contributed by atoms with E-state index in [1.165, 1.54) is 6.42 Å². The van der Waals surface area contributed by atoms with Crippen LogP contribution < -0.4 is 5.32 Å². The minimum Gasteiger partial charge on any atom is -0.353 e. The van der Waals surface area contributed by atoms with Crippen molar-refractivity contribution in [3.8, 4) is 0 Å². The predicted molar refractivity (Wildman–Crippen MR) is 55.7 cm³/mol. The van der Waals surface area contributed by atoms with Gasteiger partial charge in [-0.15, -0.1) is 0 Å². The van der Waals surface area contributed by atoms with Crippen LogP contribution in [0.3, 0.4) is 0 Å². The summed E-state index contributed by atoms with van der Waals surface area (Å²) in [6.07, 6.45) is 3.68. The van der Waals surface area contributed by atoms with E-state index in [1.807, 2.05) is 6.92 Å². The van der Waals surface area contributed by atoms with Crippen molar-refractivity contribution in [3.05, 3.63) is 0 Å². The maximum atomic E-state index is 11.6. The van der Waals surface area contributed by atoms with E-state index in [1.54, 1.807) is 0 Å². The molecule has 3 heteroatoms. The second kappa shape index (κ2) is 3.60. The van der Waals surface area contributed by atoms with E-state index in [-0.39, 0.29) is 11.9 Å². The number of carbonyl (C=O) groups excluding carboxylic acids is 1. The van der Waals surface area contributed by atoms with Gasteiger partial charge >= 0.3 is 0 Å². The van der Waals surface area contributed by atoms with Gasteiger partial charge in [0.15, 0.2) is 0 Å². The molecule has 3 atom stereocenters. The molecule has 0 saturated heterocycles. The number of carbonyl (C=O) groups is 1. The lowest BCUT2D eigenvalue weighted by Crippen LogP contribution is -2.37. The van der Waals surface area contributed by atoms with E-state index in [9.17, 15) is 4.79 Å². The van der Waals surface area contributed by atoms with Crippen LogP contribution in [0.5, 0.6) is 0 Å². The second-order valence-corrected chi connectivity index (χ2v) is 5.14. The second-order valence-electron chi connectivity index (χ2n) is 4.49. The van der Waals surface area contributed by atoms with Gasteiger partial charge in [0.05, 0.1) is 0 Å². The number of rotatable bonds is 3. The highest BCUT2D eigenvalue weighted by Crippen LogP contribution is 2.54. The lowest BCUT2D eigenvalue weighted by Gasteiger charge is -2.15. The van der Waals surface area contributed by atoms with E-state index >= 15 is 0 Å². The van der Waals surface area contributed by atoms with Crippen LogP contribution in [0.2, 0.25) is 0 Å². The molecule has 2 saturated carbocycles. The van der Waals surface area contributed by atoms with Crippen molar-refractivity contribution in [2.45, 2.75) is 32.2 Å². The Hall–Kier alpha value is -0.0500. The Bertz CT molecular complexity index is 209. The summed E-state index contributed by atoms with van der Waals surface area (Å²) in [5.74, 6) is 2.40. The van der Waals surface area contributed by atoms with Crippen LogP contribution in [0.25, 0.3) is 0 Å². The maximum Gasteiger partial charge on any atom is 0.223 e. The molecule has 2 fully saturated rings. The third-order valence-corrected chi connectivity index (χ3v) is 4.21. The van der Waals surface area contributed by atoms with Gasteiger partial charge in [-0.3, -0.25) is 4.79 Å². The number of hydrogen-bond donors (Lipinski definition) is 1. The fourth-order valence-electron chi connectivity index (χ4n) is 2.33. The highest BCUT2D eigenvalue weighted by molar-refractivity contribution is 9.09. The predicted octanol–water partition coefficient (Wildman–Crippen LogP) is 1.93. The monoisotopic (exact) mass is 245 g/mol. The normalized spacial score (nSPS) is 38.2. The van der Waals surface area contributed by atoms with Crippen molar-refractivity contribution < 1.29 is 4.79 Å². The highest BCUT2D eigenvalue weighted by Gasteiger charge is 2.47. The zero-order chi connectivity index (χ0) is 9.42. The molecule has 0 aromatic rings. The molecular formula is C10H16BrNO. The summed E-state index contributed by atoms with van der Waals surface area (Å²) in [5, 5.41) is 3.87. The summed E-state index contributed by atoms with van der Waals surface area (Å²) in [5.41, 5.74) is 0. The molecule has 1 N–H and O–H groups in total. The summed E-state index contributed by atoms with van der Waals surface area (Å²) >= 11 is 3.36. The quantitative estimate of drug-likeness (QED) is 0.757. The van der Waals surface area contributed by atoms with Crippen LogP contribution in [-0.2, 0) is 4.79 Å². The molecule has 0 aromatic carbocycles. The van der Waals surface area contributed by atoms with Gasteiger partial charge in [0.1, 0.15) is 0 Å². The molecule has 0 heterocycles. The van der Waals surface area contributed by atoms with Gasteiger partial charge in [-0.05, 0) is 38.0 Å². The van der Waals surface area contributed by atoms with Crippen molar-refractivity contribution in [3.63, 3.8) is 0 Å². The molecule has 13 heavy (non-hydrogen) atoms. The Balaban J connectivity index is 1.77. The number of amides is 1. The highest BCUT2D eigenvalue weighted by atomic mass is 79.9. The van der Waals surface area contributed by atoms with Crippen molar-refractivity contribution in [1.29, 1.82) is 0 Å². The van der Waals surface area contributed by atoms with Gasteiger partial charge in [0.25, 0.3) is 0 Å². The van der Waals surface area contributed by atoms with Gasteiger partial charge in [-0.25, -0.2) is 0 Å². The van der Waals surface area contributed by atoms with Gasteiger partial charge in [0, 0.05) is 17.3 Å². The van der Waals surface area contributed by atoms with Gasteiger partial charge in [-0.2, -0.15) is 0 Å². The van der Waals surface area contributed by atoms with Gasteiger partial charge in [-0.1, -0.05) is 15.9 Å². The summed E-state index contributed by atoms with van der Waals surface area (Å²) in [4.78, 5) is 11.6. The minimum absolute atomic E-state index is 0.268. The van der Waals surface area contributed by atoms with Crippen molar-refractivity contribution in [1.82, 2.24) is 5.32 Å². The van der Waals surface area contributed by atoms with E-state index in [4.69, 9.17) is 0 Å². The standard InChI is InChI=1S/C10H16BrNO/c1-6(5-11)12-10(13)9-3-7-2-8(7)4-9/h6-9H,2-5H2,1H3,(H,12,13). The molecule has 2 rings (SSSR count). The Labute approximate surface area is 87.6 Å². The van der Waals surface area contributed by atoms with Gasteiger partial charge in [0.2, 0.25) is 5.91 Å². The molecule has 2 aliphatic rings. The molecule has 3 unspecified atom stereocenters. The number of halogens is 1. The van der Waals surface area contributed by atoms with E-state index < -0.39 is 0 Å².